The maximum Gasteiger partial charge on any atom is 0.130 e. The molecular weight excluding hydrogens is 280 g/mol. The summed E-state index contributed by atoms with van der Waals surface area (Å²) in [6, 6.07) is 11.5. The van der Waals surface area contributed by atoms with Crippen molar-refractivity contribution >= 4 is 15.9 Å². The zero-order valence-electron chi connectivity index (χ0n) is 9.48. The van der Waals surface area contributed by atoms with Gasteiger partial charge in [-0.25, -0.2) is 0 Å². The first-order valence-corrected chi connectivity index (χ1v) is 6.10. The third kappa shape index (κ3) is 3.54. The lowest BCUT2D eigenvalue weighted by molar-refractivity contribution is 0.480. The van der Waals surface area contributed by atoms with Gasteiger partial charge in [0.2, 0.25) is 0 Å². The Hall–Kier alpha value is -1.39. The van der Waals surface area contributed by atoms with E-state index in [-0.39, 0.29) is 0 Å². The van der Waals surface area contributed by atoms with Crippen LogP contribution >= 0.6 is 15.9 Å². The Kier molecular flexibility index (Phi) is 4.12. The van der Waals surface area contributed by atoms with Crippen LogP contribution in [0.3, 0.4) is 0 Å². The number of ether oxygens (including phenoxy) is 1. The van der Waals surface area contributed by atoms with Crippen LogP contribution in [0.1, 0.15) is 5.69 Å². The van der Waals surface area contributed by atoms with Crippen LogP contribution in [0.5, 0.6) is 11.5 Å². The van der Waals surface area contributed by atoms with E-state index in [1.54, 1.807) is 6.20 Å². The summed E-state index contributed by atoms with van der Waals surface area (Å²) >= 11 is 3.41. The van der Waals surface area contributed by atoms with Crippen molar-refractivity contribution < 1.29 is 4.74 Å². The summed E-state index contributed by atoms with van der Waals surface area (Å²) in [6.45, 7) is 0.732. The molecular formula is C13H13BrN2O. The molecule has 0 spiro atoms. The Balaban J connectivity index is 2.15. The van der Waals surface area contributed by atoms with Gasteiger partial charge in [0.1, 0.15) is 11.5 Å². The van der Waals surface area contributed by atoms with Gasteiger partial charge >= 0.3 is 0 Å². The van der Waals surface area contributed by atoms with Crippen molar-refractivity contribution in [3.63, 3.8) is 0 Å². The molecule has 0 saturated heterocycles. The van der Waals surface area contributed by atoms with E-state index in [1.165, 1.54) is 0 Å². The monoisotopic (exact) mass is 292 g/mol. The van der Waals surface area contributed by atoms with E-state index in [4.69, 9.17) is 4.74 Å². The number of benzene rings is 1. The Labute approximate surface area is 109 Å². The number of hydrogen-bond donors (Lipinski definition) is 1. The van der Waals surface area contributed by atoms with Gasteiger partial charge in [0.05, 0.1) is 5.69 Å². The first-order valence-electron chi connectivity index (χ1n) is 5.31. The molecule has 3 nitrogen and oxygen atoms in total. The van der Waals surface area contributed by atoms with E-state index in [0.29, 0.717) is 0 Å². The minimum Gasteiger partial charge on any atom is -0.457 e. The van der Waals surface area contributed by atoms with Gasteiger partial charge in [-0.15, -0.1) is 0 Å². The summed E-state index contributed by atoms with van der Waals surface area (Å²) in [6.07, 6.45) is 1.75. The topological polar surface area (TPSA) is 34.1 Å². The lowest BCUT2D eigenvalue weighted by Gasteiger charge is -2.07. The first-order chi connectivity index (χ1) is 8.28. The second-order valence-corrected chi connectivity index (χ2v) is 4.49. The maximum absolute atomic E-state index is 5.75. The highest BCUT2D eigenvalue weighted by atomic mass is 79.9. The molecule has 0 aliphatic carbocycles. The molecule has 0 aliphatic rings. The molecule has 1 N–H and O–H groups in total. The molecule has 88 valence electrons. The van der Waals surface area contributed by atoms with Crippen molar-refractivity contribution in [1.29, 1.82) is 0 Å². The Morgan fingerprint density at radius 2 is 2.06 bits per heavy atom. The standard InChI is InChI=1S/C13H13BrN2O/c1-15-9-11-8-13(5-6-16-11)17-12-4-2-3-10(14)7-12/h2-8,15H,9H2,1H3. The van der Waals surface area contributed by atoms with Gasteiger partial charge in [0.15, 0.2) is 0 Å². The average molecular weight is 293 g/mol. The van der Waals surface area contributed by atoms with Crippen molar-refractivity contribution in [2.75, 3.05) is 7.05 Å². The van der Waals surface area contributed by atoms with Gasteiger partial charge < -0.3 is 10.1 Å². The third-order valence-electron chi connectivity index (χ3n) is 2.18. The second-order valence-electron chi connectivity index (χ2n) is 3.57. The molecule has 0 fully saturated rings. The molecule has 1 heterocycles. The van der Waals surface area contributed by atoms with Crippen molar-refractivity contribution in [1.82, 2.24) is 10.3 Å². The van der Waals surface area contributed by atoms with Crippen LogP contribution in [-0.2, 0) is 6.54 Å². The molecule has 1 aromatic carbocycles. The molecule has 4 heteroatoms. The van der Waals surface area contributed by atoms with Crippen molar-refractivity contribution in [2.45, 2.75) is 6.54 Å². The molecule has 1 aromatic heterocycles. The predicted octanol–water partition coefficient (Wildman–Crippen LogP) is 3.36. The summed E-state index contributed by atoms with van der Waals surface area (Å²) in [5.41, 5.74) is 0.958. The van der Waals surface area contributed by atoms with Crippen LogP contribution in [-0.4, -0.2) is 12.0 Å². The highest BCUT2D eigenvalue weighted by molar-refractivity contribution is 9.10. The number of aromatic nitrogens is 1. The van der Waals surface area contributed by atoms with Gasteiger partial charge in [-0.05, 0) is 31.3 Å². The van der Waals surface area contributed by atoms with Crippen LogP contribution in [0.25, 0.3) is 0 Å². The van der Waals surface area contributed by atoms with E-state index in [2.05, 4.69) is 26.2 Å². The second kappa shape index (κ2) is 5.80. The zero-order valence-corrected chi connectivity index (χ0v) is 11.1. The van der Waals surface area contributed by atoms with Crippen molar-refractivity contribution in [3.8, 4) is 11.5 Å². The van der Waals surface area contributed by atoms with Gasteiger partial charge in [0, 0.05) is 23.3 Å². The number of hydrogen-bond acceptors (Lipinski definition) is 3. The molecule has 0 radical (unpaired) electrons. The molecule has 0 bridgehead atoms. The largest absolute Gasteiger partial charge is 0.457 e. The van der Waals surface area contributed by atoms with E-state index >= 15 is 0 Å². The molecule has 0 atom stereocenters. The smallest absolute Gasteiger partial charge is 0.130 e. The highest BCUT2D eigenvalue weighted by Gasteiger charge is 2.00. The van der Waals surface area contributed by atoms with Gasteiger partial charge in [0.25, 0.3) is 0 Å². The van der Waals surface area contributed by atoms with Crippen molar-refractivity contribution in [3.05, 3.63) is 52.8 Å². The van der Waals surface area contributed by atoms with Crippen LogP contribution in [0, 0.1) is 0 Å². The van der Waals surface area contributed by atoms with E-state index < -0.39 is 0 Å². The summed E-state index contributed by atoms with van der Waals surface area (Å²) in [5.74, 6) is 1.60. The lowest BCUT2D eigenvalue weighted by Crippen LogP contribution is -2.06. The number of nitrogens with one attached hydrogen (secondary N) is 1. The molecule has 2 aromatic rings. The molecule has 17 heavy (non-hydrogen) atoms. The van der Waals surface area contributed by atoms with Gasteiger partial charge in [-0.1, -0.05) is 22.0 Å². The molecule has 0 unspecified atom stereocenters. The molecule has 2 rings (SSSR count). The van der Waals surface area contributed by atoms with E-state index in [0.717, 1.165) is 28.2 Å². The van der Waals surface area contributed by atoms with E-state index in [1.807, 2.05) is 43.4 Å². The number of halogens is 1. The molecule has 0 saturated carbocycles. The summed E-state index contributed by atoms with van der Waals surface area (Å²) < 4.78 is 6.75. The highest BCUT2D eigenvalue weighted by Crippen LogP contribution is 2.24. The fourth-order valence-corrected chi connectivity index (χ4v) is 1.84. The summed E-state index contributed by atoms with van der Waals surface area (Å²) in [4.78, 5) is 4.24. The van der Waals surface area contributed by atoms with Crippen LogP contribution in [0.2, 0.25) is 0 Å². The fraction of sp³-hybridized carbons (Fsp3) is 0.154. The number of nitrogens with zero attached hydrogens (tertiary/aromatic N) is 1. The predicted molar refractivity (Wildman–Crippen MR) is 71.2 cm³/mol. The third-order valence-corrected chi connectivity index (χ3v) is 2.67. The Bertz CT molecular complexity index is 502. The summed E-state index contributed by atoms with van der Waals surface area (Å²) in [5, 5.41) is 3.06. The number of rotatable bonds is 4. The van der Waals surface area contributed by atoms with Crippen LogP contribution < -0.4 is 10.1 Å². The SMILES string of the molecule is CNCc1cc(Oc2cccc(Br)c2)ccn1. The fourth-order valence-electron chi connectivity index (χ4n) is 1.46. The zero-order chi connectivity index (χ0) is 12.1. The summed E-state index contributed by atoms with van der Waals surface area (Å²) in [7, 11) is 1.89. The Morgan fingerprint density at radius 1 is 1.24 bits per heavy atom. The maximum atomic E-state index is 5.75. The van der Waals surface area contributed by atoms with Crippen LogP contribution in [0.4, 0.5) is 0 Å². The minimum absolute atomic E-state index is 0.732. The lowest BCUT2D eigenvalue weighted by atomic mass is 10.3. The minimum atomic E-state index is 0.732. The van der Waals surface area contributed by atoms with Gasteiger partial charge in [-0.2, -0.15) is 0 Å². The number of pyridine rings is 1. The average Bonchev–Trinajstić information content (AvgIpc) is 2.30. The quantitative estimate of drug-likeness (QED) is 0.938. The van der Waals surface area contributed by atoms with Crippen LogP contribution in [0.15, 0.2) is 47.1 Å². The normalized spacial score (nSPS) is 10.2. The van der Waals surface area contributed by atoms with E-state index in [9.17, 15) is 0 Å². The molecule has 0 amide bonds. The Morgan fingerprint density at radius 3 is 2.82 bits per heavy atom. The molecule has 0 aliphatic heterocycles. The van der Waals surface area contributed by atoms with Crippen molar-refractivity contribution in [2.24, 2.45) is 0 Å². The first kappa shape index (κ1) is 12.1. The van der Waals surface area contributed by atoms with Gasteiger partial charge in [-0.3, -0.25) is 4.98 Å².